The Bertz CT molecular complexity index is 903. The van der Waals surface area contributed by atoms with Crippen molar-refractivity contribution in [2.45, 2.75) is 45.5 Å². The summed E-state index contributed by atoms with van der Waals surface area (Å²) in [6.45, 7) is 5.63. The number of H-pyrrole nitrogens is 1. The number of nitrogens with two attached hydrogens (primary N) is 1. The third-order valence-corrected chi connectivity index (χ3v) is 5.46. The first-order valence-electron chi connectivity index (χ1n) is 8.40. The van der Waals surface area contributed by atoms with Crippen molar-refractivity contribution in [1.82, 2.24) is 10.2 Å². The van der Waals surface area contributed by atoms with E-state index in [1.54, 1.807) is 6.92 Å². The van der Waals surface area contributed by atoms with E-state index < -0.39 is 29.0 Å². The first-order chi connectivity index (χ1) is 12.4. The van der Waals surface area contributed by atoms with E-state index in [1.807, 2.05) is 18.9 Å². The molecule has 0 amide bonds. The third kappa shape index (κ3) is 3.45. The maximum Gasteiger partial charge on any atom is 0.434 e. The van der Waals surface area contributed by atoms with Crippen molar-refractivity contribution >= 4 is 5.69 Å². The Hall–Kier alpha value is -2.36. The second-order valence-electron chi connectivity index (χ2n) is 7.50. The van der Waals surface area contributed by atoms with Crippen LogP contribution in [0.25, 0.3) is 11.5 Å². The zero-order valence-corrected chi connectivity index (χ0v) is 14.9. The monoisotopic (exact) mass is 388 g/mol. The molecule has 0 unspecified atom stereocenters. The fourth-order valence-electron chi connectivity index (χ4n) is 3.68. The summed E-state index contributed by atoms with van der Waals surface area (Å²) in [7, 11) is 0. The number of benzene rings is 1. The van der Waals surface area contributed by atoms with E-state index in [0.717, 1.165) is 6.07 Å². The maximum absolute atomic E-state index is 14.3. The summed E-state index contributed by atoms with van der Waals surface area (Å²) >= 11 is 0. The molecule has 148 valence electrons. The van der Waals surface area contributed by atoms with Crippen LogP contribution < -0.4 is 16.8 Å². The lowest BCUT2D eigenvalue weighted by atomic mass is 9.56. The number of hydrogen-bond acceptors (Lipinski definition) is 5. The summed E-state index contributed by atoms with van der Waals surface area (Å²) in [5.41, 5.74) is 3.80. The van der Waals surface area contributed by atoms with Crippen molar-refractivity contribution in [2.24, 2.45) is 17.1 Å². The lowest BCUT2D eigenvalue weighted by molar-refractivity contribution is -0.139. The Morgan fingerprint density at radius 2 is 2.07 bits per heavy atom. The van der Waals surface area contributed by atoms with Crippen LogP contribution in [0.2, 0.25) is 0 Å². The molecule has 1 aliphatic rings. The number of aromatic nitrogens is 2. The molecule has 1 aromatic heterocycles. The average Bonchev–Trinajstić information content (AvgIpc) is 2.97. The molecule has 1 heterocycles. The van der Waals surface area contributed by atoms with Crippen LogP contribution in [0.5, 0.6) is 0 Å². The van der Waals surface area contributed by atoms with Gasteiger partial charge in [-0.15, -0.1) is 5.10 Å². The van der Waals surface area contributed by atoms with Gasteiger partial charge in [-0.2, -0.15) is 13.2 Å². The van der Waals surface area contributed by atoms with Crippen molar-refractivity contribution in [3.63, 3.8) is 0 Å². The van der Waals surface area contributed by atoms with Gasteiger partial charge in [0.2, 0.25) is 5.89 Å². The minimum Gasteiger partial charge on any atom is -0.388 e. The Balaban J connectivity index is 2.01. The Labute approximate surface area is 152 Å². The molecule has 1 saturated carbocycles. The zero-order chi connectivity index (χ0) is 20.1. The van der Waals surface area contributed by atoms with Gasteiger partial charge >= 0.3 is 11.9 Å². The highest BCUT2D eigenvalue weighted by molar-refractivity contribution is 5.66. The largest absolute Gasteiger partial charge is 0.434 e. The molecule has 0 radical (unpaired) electrons. The molecule has 3 atom stereocenters. The lowest BCUT2D eigenvalue weighted by Gasteiger charge is -2.53. The van der Waals surface area contributed by atoms with Gasteiger partial charge in [0, 0.05) is 17.6 Å². The maximum atomic E-state index is 14.3. The van der Waals surface area contributed by atoms with Crippen LogP contribution in [0, 0.1) is 17.2 Å². The highest BCUT2D eigenvalue weighted by Gasteiger charge is 2.49. The van der Waals surface area contributed by atoms with Crippen molar-refractivity contribution in [3.05, 3.63) is 34.1 Å². The second kappa shape index (κ2) is 6.36. The summed E-state index contributed by atoms with van der Waals surface area (Å²) < 4.78 is 59.3. The van der Waals surface area contributed by atoms with Crippen molar-refractivity contribution in [1.29, 1.82) is 0 Å². The highest BCUT2D eigenvalue weighted by Crippen LogP contribution is 2.48. The quantitative estimate of drug-likeness (QED) is 0.698. The number of nitrogens with zero attached hydrogens (tertiary/aromatic N) is 1. The molecule has 1 aliphatic carbocycles. The second-order valence-corrected chi connectivity index (χ2v) is 7.50. The molecule has 4 N–H and O–H groups in total. The predicted molar refractivity (Wildman–Crippen MR) is 90.5 cm³/mol. The van der Waals surface area contributed by atoms with Crippen molar-refractivity contribution < 1.29 is 22.0 Å². The SMILES string of the molecule is C[C@H](Nc1cc(-c2n[nH]c(=O)o2)cc(F)c1C(F)(F)F)[C@@H]1C[C@H](N)C1(C)C. The van der Waals surface area contributed by atoms with E-state index >= 15 is 0 Å². The van der Waals surface area contributed by atoms with Gasteiger partial charge in [-0.25, -0.2) is 14.3 Å². The van der Waals surface area contributed by atoms with Crippen LogP contribution in [0.1, 0.15) is 32.8 Å². The number of rotatable bonds is 4. The van der Waals surface area contributed by atoms with Crippen LogP contribution in [0.3, 0.4) is 0 Å². The molecule has 0 saturated heterocycles. The molecule has 6 nitrogen and oxygen atoms in total. The predicted octanol–water partition coefficient (Wildman–Crippen LogP) is 3.36. The van der Waals surface area contributed by atoms with E-state index in [0.29, 0.717) is 12.5 Å². The molecule has 1 fully saturated rings. The summed E-state index contributed by atoms with van der Waals surface area (Å²) in [4.78, 5) is 11.1. The van der Waals surface area contributed by atoms with E-state index in [1.165, 1.54) is 0 Å². The Kier molecular flexibility index (Phi) is 4.57. The molecule has 0 aliphatic heterocycles. The minimum absolute atomic E-state index is 0.0172. The number of halogens is 4. The number of aromatic amines is 1. The van der Waals surface area contributed by atoms with Crippen LogP contribution >= 0.6 is 0 Å². The van der Waals surface area contributed by atoms with Crippen molar-refractivity contribution in [3.8, 4) is 11.5 Å². The van der Waals surface area contributed by atoms with Gasteiger partial charge in [0.25, 0.3) is 0 Å². The molecule has 10 heteroatoms. The molecule has 0 bridgehead atoms. The normalized spacial score (nSPS) is 23.0. The van der Waals surface area contributed by atoms with Crippen LogP contribution in [0.4, 0.5) is 23.2 Å². The fourth-order valence-corrected chi connectivity index (χ4v) is 3.68. The first-order valence-corrected chi connectivity index (χ1v) is 8.40. The Morgan fingerprint density at radius 3 is 2.56 bits per heavy atom. The molecular formula is C17H20F4N4O2. The molecular weight excluding hydrogens is 368 g/mol. The van der Waals surface area contributed by atoms with Crippen LogP contribution in [-0.2, 0) is 6.18 Å². The topological polar surface area (TPSA) is 96.9 Å². The summed E-state index contributed by atoms with van der Waals surface area (Å²) in [5, 5.41) is 8.31. The summed E-state index contributed by atoms with van der Waals surface area (Å²) in [5.74, 6) is -2.65. The standard InChI is InChI=1S/C17H20F4N4O2/c1-7(9-6-12(22)16(9,2)3)23-11-5-8(14-24-25-15(26)27-14)4-10(18)13(11)17(19,20)21/h4-5,7,9,12,23H,6,22H2,1-3H3,(H,25,26)/t7-,9-,12-/m0/s1. The van der Waals surface area contributed by atoms with Crippen LogP contribution in [-0.4, -0.2) is 22.3 Å². The van der Waals surface area contributed by atoms with E-state index in [4.69, 9.17) is 10.2 Å². The van der Waals surface area contributed by atoms with E-state index in [2.05, 4.69) is 10.4 Å². The van der Waals surface area contributed by atoms with Gasteiger partial charge < -0.3 is 15.5 Å². The molecule has 27 heavy (non-hydrogen) atoms. The number of alkyl halides is 3. The first kappa shape index (κ1) is 19.4. The van der Waals surface area contributed by atoms with E-state index in [-0.39, 0.29) is 34.9 Å². The smallest absolute Gasteiger partial charge is 0.388 e. The van der Waals surface area contributed by atoms with Gasteiger partial charge in [-0.1, -0.05) is 13.8 Å². The number of nitrogens with one attached hydrogen (secondary N) is 2. The highest BCUT2D eigenvalue weighted by atomic mass is 19.4. The number of hydrogen-bond donors (Lipinski definition) is 3. The number of anilines is 1. The van der Waals surface area contributed by atoms with Gasteiger partial charge in [-0.3, -0.25) is 0 Å². The fraction of sp³-hybridized carbons (Fsp3) is 0.529. The molecule has 0 spiro atoms. The minimum atomic E-state index is -4.90. The van der Waals surface area contributed by atoms with Gasteiger partial charge in [0.1, 0.15) is 11.4 Å². The molecule has 2 aromatic rings. The zero-order valence-electron chi connectivity index (χ0n) is 14.9. The average molecular weight is 388 g/mol. The van der Waals surface area contributed by atoms with Gasteiger partial charge in [0.15, 0.2) is 0 Å². The summed E-state index contributed by atoms with van der Waals surface area (Å²) in [6.07, 6.45) is -4.25. The lowest BCUT2D eigenvalue weighted by Crippen LogP contribution is -2.59. The molecule has 3 rings (SSSR count). The van der Waals surface area contributed by atoms with Gasteiger partial charge in [0.05, 0.1) is 5.69 Å². The molecule has 1 aromatic carbocycles. The Morgan fingerprint density at radius 1 is 1.41 bits per heavy atom. The van der Waals surface area contributed by atoms with Crippen molar-refractivity contribution in [2.75, 3.05) is 5.32 Å². The summed E-state index contributed by atoms with van der Waals surface area (Å²) in [6, 6.07) is 1.28. The van der Waals surface area contributed by atoms with E-state index in [9.17, 15) is 22.4 Å². The third-order valence-electron chi connectivity index (χ3n) is 5.46. The van der Waals surface area contributed by atoms with Gasteiger partial charge in [-0.05, 0) is 36.8 Å². The van der Waals surface area contributed by atoms with Crippen LogP contribution in [0.15, 0.2) is 21.3 Å².